The molecule has 0 radical (unpaired) electrons. The van der Waals surface area contributed by atoms with Crippen LogP contribution in [0.2, 0.25) is 0 Å². The van der Waals surface area contributed by atoms with E-state index in [9.17, 15) is 21.6 Å². The average Bonchev–Trinajstić information content (AvgIpc) is 3.35. The van der Waals surface area contributed by atoms with E-state index in [0.717, 1.165) is 28.9 Å². The lowest BCUT2D eigenvalue weighted by Crippen LogP contribution is -2.30. The van der Waals surface area contributed by atoms with Crippen LogP contribution in [0.5, 0.6) is 0 Å². The maximum absolute atomic E-state index is 12.3. The molecule has 2 atom stereocenters. The van der Waals surface area contributed by atoms with Crippen LogP contribution in [0.1, 0.15) is 37.4 Å². The van der Waals surface area contributed by atoms with Crippen molar-refractivity contribution < 1.29 is 21.6 Å². The van der Waals surface area contributed by atoms with Gasteiger partial charge < -0.3 is 4.98 Å². The lowest BCUT2D eigenvalue weighted by Gasteiger charge is -2.17. The SMILES string of the molecule is C=C(NS(=O)(=O)CCC(F)(F)F)C1CCC(c2ncc3cnc4[nH]ccc4n23)C1. The Labute approximate surface area is 165 Å². The van der Waals surface area contributed by atoms with Gasteiger partial charge in [-0.05, 0) is 31.2 Å². The Morgan fingerprint density at radius 1 is 1.31 bits per heavy atom. The highest BCUT2D eigenvalue weighted by molar-refractivity contribution is 7.89. The monoisotopic (exact) mass is 427 g/mol. The van der Waals surface area contributed by atoms with Crippen molar-refractivity contribution in [3.8, 4) is 0 Å². The first-order chi connectivity index (χ1) is 13.6. The van der Waals surface area contributed by atoms with Crippen molar-refractivity contribution in [2.75, 3.05) is 5.75 Å². The molecule has 1 saturated carbocycles. The van der Waals surface area contributed by atoms with Gasteiger partial charge in [0, 0.05) is 17.8 Å². The van der Waals surface area contributed by atoms with Crippen molar-refractivity contribution in [2.24, 2.45) is 5.92 Å². The number of imidazole rings is 1. The predicted octanol–water partition coefficient (Wildman–Crippen LogP) is 3.48. The van der Waals surface area contributed by atoms with E-state index in [0.29, 0.717) is 12.8 Å². The molecule has 0 aromatic carbocycles. The second-order valence-corrected chi connectivity index (χ2v) is 9.21. The molecule has 1 aliphatic carbocycles. The Balaban J connectivity index is 1.47. The van der Waals surface area contributed by atoms with Gasteiger partial charge in [-0.25, -0.2) is 18.4 Å². The first kappa shape index (κ1) is 19.7. The third-order valence-corrected chi connectivity index (χ3v) is 6.63. The Bertz CT molecular complexity index is 1170. The smallest absolute Gasteiger partial charge is 0.345 e. The number of aromatic nitrogens is 4. The highest BCUT2D eigenvalue weighted by atomic mass is 32.2. The minimum atomic E-state index is -4.52. The number of nitrogens with zero attached hydrogens (tertiary/aromatic N) is 3. The van der Waals surface area contributed by atoms with E-state index < -0.39 is 28.4 Å². The second-order valence-electron chi connectivity index (χ2n) is 7.36. The summed E-state index contributed by atoms with van der Waals surface area (Å²) in [6.45, 7) is 3.77. The molecule has 3 aromatic rings. The average molecular weight is 427 g/mol. The standard InChI is InChI=1S/C18H20F3N5O2S/c1-11(25-29(27,28)7-5-18(19,20)21)12-2-3-13(8-12)17-24-10-14-9-23-16-15(26(14)17)4-6-22-16/h4,6,9-10,12-13,22,25H,1-3,5,7-8H2. The molecule has 2 unspecified atom stereocenters. The molecule has 29 heavy (non-hydrogen) atoms. The third-order valence-electron chi connectivity index (χ3n) is 5.32. The van der Waals surface area contributed by atoms with Crippen LogP contribution in [0, 0.1) is 5.92 Å². The second kappa shape index (κ2) is 7.05. The lowest BCUT2D eigenvalue weighted by molar-refractivity contribution is -0.129. The first-order valence-corrected chi connectivity index (χ1v) is 10.8. The summed E-state index contributed by atoms with van der Waals surface area (Å²) in [5.41, 5.74) is 2.75. The van der Waals surface area contributed by atoms with Crippen LogP contribution in [0.15, 0.2) is 36.9 Å². The Hall–Kier alpha value is -2.56. The van der Waals surface area contributed by atoms with Gasteiger partial charge in [0.05, 0.1) is 35.6 Å². The number of rotatable bonds is 6. The molecular formula is C18H20F3N5O2S. The van der Waals surface area contributed by atoms with E-state index in [1.807, 2.05) is 10.5 Å². The topological polar surface area (TPSA) is 92.2 Å². The van der Waals surface area contributed by atoms with Crippen LogP contribution in [-0.4, -0.2) is 39.7 Å². The Morgan fingerprint density at radius 2 is 2.07 bits per heavy atom. The van der Waals surface area contributed by atoms with E-state index in [4.69, 9.17) is 0 Å². The predicted molar refractivity (Wildman–Crippen MR) is 102 cm³/mol. The van der Waals surface area contributed by atoms with Gasteiger partial charge in [-0.1, -0.05) is 6.58 Å². The third kappa shape index (κ3) is 4.09. The van der Waals surface area contributed by atoms with Gasteiger partial charge in [0.25, 0.3) is 0 Å². The number of halogens is 3. The van der Waals surface area contributed by atoms with Crippen molar-refractivity contribution in [1.29, 1.82) is 0 Å². The quantitative estimate of drug-likeness (QED) is 0.630. The van der Waals surface area contributed by atoms with Crippen molar-refractivity contribution in [3.05, 3.63) is 42.8 Å². The van der Waals surface area contributed by atoms with Crippen molar-refractivity contribution in [3.63, 3.8) is 0 Å². The van der Waals surface area contributed by atoms with Gasteiger partial charge >= 0.3 is 6.18 Å². The van der Waals surface area contributed by atoms with Gasteiger partial charge in [0.2, 0.25) is 10.0 Å². The molecule has 11 heteroatoms. The summed E-state index contributed by atoms with van der Waals surface area (Å²) in [5.74, 6) is -0.215. The summed E-state index contributed by atoms with van der Waals surface area (Å²) < 4.78 is 65.1. The van der Waals surface area contributed by atoms with E-state index >= 15 is 0 Å². The first-order valence-electron chi connectivity index (χ1n) is 9.18. The van der Waals surface area contributed by atoms with Gasteiger partial charge in [-0.3, -0.25) is 9.12 Å². The number of nitrogens with one attached hydrogen (secondary N) is 2. The van der Waals surface area contributed by atoms with Crippen molar-refractivity contribution in [1.82, 2.24) is 24.1 Å². The number of sulfonamides is 1. The molecule has 0 aliphatic heterocycles. The van der Waals surface area contributed by atoms with Crippen LogP contribution in [-0.2, 0) is 10.0 Å². The van der Waals surface area contributed by atoms with E-state index in [1.165, 1.54) is 0 Å². The summed E-state index contributed by atoms with van der Waals surface area (Å²) in [4.78, 5) is 12.0. The van der Waals surface area contributed by atoms with E-state index in [1.54, 1.807) is 18.6 Å². The largest absolute Gasteiger partial charge is 0.390 e. The summed E-state index contributed by atoms with van der Waals surface area (Å²) in [6.07, 6.45) is 1.46. The molecule has 3 heterocycles. The Morgan fingerprint density at radius 3 is 2.83 bits per heavy atom. The van der Waals surface area contributed by atoms with Crippen LogP contribution < -0.4 is 4.72 Å². The summed E-state index contributed by atoms with van der Waals surface area (Å²) in [7, 11) is -4.08. The molecule has 2 N–H and O–H groups in total. The molecule has 0 bridgehead atoms. The zero-order valence-corrected chi connectivity index (χ0v) is 16.2. The molecule has 0 saturated heterocycles. The summed E-state index contributed by atoms with van der Waals surface area (Å²) >= 11 is 0. The fourth-order valence-electron chi connectivity index (χ4n) is 3.91. The highest BCUT2D eigenvalue weighted by Gasteiger charge is 2.33. The maximum Gasteiger partial charge on any atom is 0.390 e. The van der Waals surface area contributed by atoms with Gasteiger partial charge in [-0.2, -0.15) is 13.2 Å². The van der Waals surface area contributed by atoms with Crippen LogP contribution >= 0.6 is 0 Å². The molecular weight excluding hydrogens is 407 g/mol. The van der Waals surface area contributed by atoms with E-state index in [-0.39, 0.29) is 17.5 Å². The molecule has 0 amide bonds. The zero-order chi connectivity index (χ0) is 20.8. The number of aromatic amines is 1. The number of fused-ring (bicyclic) bond motifs is 3. The zero-order valence-electron chi connectivity index (χ0n) is 15.4. The van der Waals surface area contributed by atoms with Crippen molar-refractivity contribution in [2.45, 2.75) is 37.8 Å². The number of H-pyrrole nitrogens is 1. The van der Waals surface area contributed by atoms with Crippen LogP contribution in [0.25, 0.3) is 16.7 Å². The summed E-state index contributed by atoms with van der Waals surface area (Å²) in [5, 5.41) is 0. The molecule has 4 rings (SSSR count). The molecule has 3 aromatic heterocycles. The molecule has 156 valence electrons. The fraction of sp³-hybridized carbons (Fsp3) is 0.444. The Kier molecular flexibility index (Phi) is 4.80. The molecule has 1 fully saturated rings. The van der Waals surface area contributed by atoms with E-state index in [2.05, 4.69) is 26.3 Å². The minimum Gasteiger partial charge on any atom is -0.345 e. The highest BCUT2D eigenvalue weighted by Crippen LogP contribution is 2.41. The number of allylic oxidation sites excluding steroid dienone is 1. The van der Waals surface area contributed by atoms with Crippen LogP contribution in [0.3, 0.4) is 0 Å². The lowest BCUT2D eigenvalue weighted by atomic mass is 10.0. The fourth-order valence-corrected chi connectivity index (χ4v) is 5.07. The van der Waals surface area contributed by atoms with Gasteiger partial charge in [-0.15, -0.1) is 0 Å². The van der Waals surface area contributed by atoms with Crippen LogP contribution in [0.4, 0.5) is 13.2 Å². The number of alkyl halides is 3. The number of hydrogen-bond acceptors (Lipinski definition) is 4. The minimum absolute atomic E-state index is 0.0828. The normalized spacial score (nSPS) is 20.5. The molecule has 0 spiro atoms. The van der Waals surface area contributed by atoms with Crippen molar-refractivity contribution >= 4 is 26.7 Å². The molecule has 1 aliphatic rings. The van der Waals surface area contributed by atoms with Gasteiger partial charge in [0.15, 0.2) is 5.65 Å². The summed E-state index contributed by atoms with van der Waals surface area (Å²) in [6, 6.07) is 1.92. The molecule has 7 nitrogen and oxygen atoms in total. The number of hydrogen-bond donors (Lipinski definition) is 2. The van der Waals surface area contributed by atoms with Gasteiger partial charge in [0.1, 0.15) is 5.82 Å². The maximum atomic E-state index is 12.3.